The molecule has 2 amide bonds. The third-order valence-corrected chi connectivity index (χ3v) is 3.02. The van der Waals surface area contributed by atoms with Crippen LogP contribution in [0.3, 0.4) is 0 Å². The summed E-state index contributed by atoms with van der Waals surface area (Å²) in [7, 11) is 0. The number of aromatic hydroxyl groups is 2. The first-order chi connectivity index (χ1) is 12.0. The minimum Gasteiger partial charge on any atom is -0.508 e. The van der Waals surface area contributed by atoms with E-state index >= 15 is 0 Å². The Kier molecular flexibility index (Phi) is 6.41. The number of phenolic OH excluding ortho intramolecular Hbond substituents is 2. The lowest BCUT2D eigenvalue weighted by molar-refractivity contribution is -0.118. The standard InChI is InChI=1S/C18H18N2O5/c21-14-10-13(11-15(22)12-14)3-5-17(23)19-7-8-20-18(24)6-4-16-2-1-9-25-16/h1-6,9-12,21-22H,7-8H2,(H,19,23)(H,20,24)/b5-3+,6-4+. The second-order valence-corrected chi connectivity index (χ2v) is 5.05. The summed E-state index contributed by atoms with van der Waals surface area (Å²) in [5.41, 5.74) is 0.490. The average molecular weight is 342 g/mol. The van der Waals surface area contributed by atoms with Crippen LogP contribution in [0.25, 0.3) is 12.2 Å². The van der Waals surface area contributed by atoms with Gasteiger partial charge in [0, 0.05) is 31.3 Å². The molecule has 4 N–H and O–H groups in total. The fourth-order valence-electron chi connectivity index (χ4n) is 1.92. The van der Waals surface area contributed by atoms with Gasteiger partial charge in [-0.1, -0.05) is 0 Å². The minimum atomic E-state index is -0.358. The van der Waals surface area contributed by atoms with E-state index in [4.69, 9.17) is 4.42 Å². The lowest BCUT2D eigenvalue weighted by atomic mass is 10.2. The molecule has 0 atom stereocenters. The summed E-state index contributed by atoms with van der Waals surface area (Å²) in [4.78, 5) is 23.2. The zero-order valence-electron chi connectivity index (χ0n) is 13.3. The number of rotatable bonds is 7. The second kappa shape index (κ2) is 8.97. The molecule has 7 heteroatoms. The van der Waals surface area contributed by atoms with E-state index in [9.17, 15) is 19.8 Å². The molecule has 1 heterocycles. The number of amides is 2. The zero-order chi connectivity index (χ0) is 18.1. The lowest BCUT2D eigenvalue weighted by Gasteiger charge is -2.03. The summed E-state index contributed by atoms with van der Waals surface area (Å²) in [6, 6.07) is 7.46. The fourth-order valence-corrected chi connectivity index (χ4v) is 1.92. The number of furan rings is 1. The van der Waals surface area contributed by atoms with Gasteiger partial charge < -0.3 is 25.3 Å². The van der Waals surface area contributed by atoms with Crippen molar-refractivity contribution in [2.45, 2.75) is 0 Å². The van der Waals surface area contributed by atoms with Crippen molar-refractivity contribution in [2.24, 2.45) is 0 Å². The Balaban J connectivity index is 1.68. The largest absolute Gasteiger partial charge is 0.508 e. The molecule has 2 aromatic rings. The molecule has 2 rings (SSSR count). The van der Waals surface area contributed by atoms with Crippen molar-refractivity contribution >= 4 is 24.0 Å². The highest BCUT2D eigenvalue weighted by Crippen LogP contribution is 2.21. The Morgan fingerprint density at radius 3 is 2.12 bits per heavy atom. The molecule has 0 fully saturated rings. The van der Waals surface area contributed by atoms with Crippen molar-refractivity contribution in [3.05, 3.63) is 60.1 Å². The highest BCUT2D eigenvalue weighted by Gasteiger charge is 1.99. The fraction of sp³-hybridized carbons (Fsp3) is 0.111. The van der Waals surface area contributed by atoms with Gasteiger partial charge >= 0.3 is 0 Å². The predicted octanol–water partition coefficient (Wildman–Crippen LogP) is 1.65. The van der Waals surface area contributed by atoms with Crippen LogP contribution in [0.15, 0.2) is 53.2 Å². The molecule has 0 spiro atoms. The molecule has 0 aliphatic rings. The lowest BCUT2D eigenvalue weighted by Crippen LogP contribution is -2.33. The van der Waals surface area contributed by atoms with Crippen LogP contribution < -0.4 is 10.6 Å². The van der Waals surface area contributed by atoms with Gasteiger partial charge in [-0.2, -0.15) is 0 Å². The molecule has 7 nitrogen and oxygen atoms in total. The Labute approximate surface area is 144 Å². The molecular formula is C18H18N2O5. The van der Waals surface area contributed by atoms with Gasteiger partial charge in [0.2, 0.25) is 11.8 Å². The van der Waals surface area contributed by atoms with Crippen LogP contribution in [0.1, 0.15) is 11.3 Å². The van der Waals surface area contributed by atoms with E-state index in [0.717, 1.165) is 0 Å². The Morgan fingerprint density at radius 1 is 0.960 bits per heavy atom. The van der Waals surface area contributed by atoms with E-state index in [1.807, 2.05) is 0 Å². The minimum absolute atomic E-state index is 0.0922. The molecule has 0 aliphatic heterocycles. The maximum absolute atomic E-state index is 11.7. The molecule has 1 aromatic carbocycles. The molecule has 1 aromatic heterocycles. The number of carbonyl (C=O) groups excluding carboxylic acids is 2. The maximum atomic E-state index is 11.7. The molecule has 0 radical (unpaired) electrons. The van der Waals surface area contributed by atoms with Crippen molar-refractivity contribution < 1.29 is 24.2 Å². The summed E-state index contributed by atoms with van der Waals surface area (Å²) < 4.78 is 5.06. The zero-order valence-corrected chi connectivity index (χ0v) is 13.3. The van der Waals surface area contributed by atoms with E-state index in [2.05, 4.69) is 10.6 Å². The van der Waals surface area contributed by atoms with Gasteiger partial charge in [-0.15, -0.1) is 0 Å². The van der Waals surface area contributed by atoms with Crippen LogP contribution in [0.4, 0.5) is 0 Å². The van der Waals surface area contributed by atoms with E-state index in [0.29, 0.717) is 11.3 Å². The molecule has 0 aliphatic carbocycles. The van der Waals surface area contributed by atoms with Crippen molar-refractivity contribution in [3.8, 4) is 11.5 Å². The van der Waals surface area contributed by atoms with Crippen molar-refractivity contribution in [2.75, 3.05) is 13.1 Å². The third-order valence-electron chi connectivity index (χ3n) is 3.02. The summed E-state index contributed by atoms with van der Waals surface area (Å²) in [6.45, 7) is 0.530. The van der Waals surface area contributed by atoms with Gasteiger partial charge in [0.15, 0.2) is 0 Å². The summed E-state index contributed by atoms with van der Waals surface area (Å²) in [6.07, 6.45) is 7.13. The van der Waals surface area contributed by atoms with Crippen LogP contribution in [-0.2, 0) is 9.59 Å². The number of carbonyl (C=O) groups is 2. The summed E-state index contributed by atoms with van der Waals surface area (Å²) >= 11 is 0. The number of nitrogens with one attached hydrogen (secondary N) is 2. The Bertz CT molecular complexity index is 759. The summed E-state index contributed by atoms with van der Waals surface area (Å²) in [5.74, 6) is -0.262. The molecule has 0 saturated carbocycles. The smallest absolute Gasteiger partial charge is 0.244 e. The first-order valence-corrected chi connectivity index (χ1v) is 7.51. The number of hydrogen-bond acceptors (Lipinski definition) is 5. The molecule has 25 heavy (non-hydrogen) atoms. The van der Waals surface area contributed by atoms with Crippen LogP contribution in [0.5, 0.6) is 11.5 Å². The molecule has 0 unspecified atom stereocenters. The SMILES string of the molecule is O=C(/C=C/c1cc(O)cc(O)c1)NCCNC(=O)/C=C/c1ccco1. The van der Waals surface area contributed by atoms with Crippen LogP contribution in [0, 0.1) is 0 Å². The van der Waals surface area contributed by atoms with Gasteiger partial charge in [0.25, 0.3) is 0 Å². The first kappa shape index (κ1) is 17.9. The van der Waals surface area contributed by atoms with Crippen molar-refractivity contribution in [1.82, 2.24) is 10.6 Å². The van der Waals surface area contributed by atoms with Crippen molar-refractivity contribution in [1.29, 1.82) is 0 Å². The highest BCUT2D eigenvalue weighted by atomic mass is 16.3. The Morgan fingerprint density at radius 2 is 1.56 bits per heavy atom. The van der Waals surface area contributed by atoms with Gasteiger partial charge in [0.05, 0.1) is 6.26 Å². The van der Waals surface area contributed by atoms with Crippen molar-refractivity contribution in [3.63, 3.8) is 0 Å². The van der Waals surface area contributed by atoms with Gasteiger partial charge in [-0.25, -0.2) is 0 Å². The molecular weight excluding hydrogens is 324 g/mol. The van der Waals surface area contributed by atoms with E-state index in [1.165, 1.54) is 42.7 Å². The average Bonchev–Trinajstić information content (AvgIpc) is 3.07. The number of phenols is 2. The number of hydrogen-bond donors (Lipinski definition) is 4. The van der Waals surface area contributed by atoms with Crippen LogP contribution in [0.2, 0.25) is 0 Å². The topological polar surface area (TPSA) is 112 Å². The first-order valence-electron chi connectivity index (χ1n) is 7.51. The maximum Gasteiger partial charge on any atom is 0.244 e. The van der Waals surface area contributed by atoms with Gasteiger partial charge in [0.1, 0.15) is 17.3 Å². The quantitative estimate of drug-likeness (QED) is 0.451. The second-order valence-electron chi connectivity index (χ2n) is 5.05. The molecule has 0 saturated heterocycles. The third kappa shape index (κ3) is 6.66. The summed E-state index contributed by atoms with van der Waals surface area (Å²) in [5, 5.41) is 23.9. The van der Waals surface area contributed by atoms with E-state index < -0.39 is 0 Å². The Hall–Kier alpha value is -3.48. The molecule has 0 bridgehead atoms. The predicted molar refractivity (Wildman–Crippen MR) is 92.6 cm³/mol. The van der Waals surface area contributed by atoms with Gasteiger partial charge in [-0.05, 0) is 42.0 Å². The normalized spacial score (nSPS) is 11.0. The van der Waals surface area contributed by atoms with Crippen LogP contribution >= 0.6 is 0 Å². The van der Waals surface area contributed by atoms with Gasteiger partial charge in [-0.3, -0.25) is 9.59 Å². The van der Waals surface area contributed by atoms with E-state index in [1.54, 1.807) is 18.2 Å². The van der Waals surface area contributed by atoms with Crippen LogP contribution in [-0.4, -0.2) is 35.1 Å². The number of benzene rings is 1. The monoisotopic (exact) mass is 342 g/mol. The highest BCUT2D eigenvalue weighted by molar-refractivity contribution is 5.92. The molecule has 130 valence electrons. The van der Waals surface area contributed by atoms with E-state index in [-0.39, 0.29) is 36.4 Å².